The second kappa shape index (κ2) is 9.00. The molecule has 1 aromatic heterocycles. The summed E-state index contributed by atoms with van der Waals surface area (Å²) in [5, 5.41) is 4.78. The molecule has 0 aliphatic carbocycles. The van der Waals surface area contributed by atoms with Gasteiger partial charge in [0.1, 0.15) is 5.60 Å². The molecule has 8 heteroatoms. The first kappa shape index (κ1) is 20.2. The highest BCUT2D eigenvalue weighted by Gasteiger charge is 2.25. The Bertz CT molecular complexity index is 592. The quantitative estimate of drug-likeness (QED) is 0.727. The Morgan fingerprint density at radius 1 is 1.28 bits per heavy atom. The van der Waals surface area contributed by atoms with Gasteiger partial charge in [-0.25, -0.2) is 4.79 Å². The first-order valence-corrected chi connectivity index (χ1v) is 10.1. The van der Waals surface area contributed by atoms with Crippen molar-refractivity contribution in [3.8, 4) is 0 Å². The highest BCUT2D eigenvalue weighted by atomic mass is 79.9. The van der Waals surface area contributed by atoms with Crippen molar-refractivity contribution in [2.75, 3.05) is 39.3 Å². The first-order chi connectivity index (χ1) is 11.7. The van der Waals surface area contributed by atoms with Crippen LogP contribution in [-0.4, -0.2) is 66.7 Å². The summed E-state index contributed by atoms with van der Waals surface area (Å²) in [5.74, 6) is -0.0308. The Morgan fingerprint density at radius 3 is 2.52 bits per heavy atom. The summed E-state index contributed by atoms with van der Waals surface area (Å²) in [5.41, 5.74) is 0.243. The van der Waals surface area contributed by atoms with Crippen LogP contribution in [0.25, 0.3) is 0 Å². The van der Waals surface area contributed by atoms with Crippen LogP contribution < -0.4 is 5.32 Å². The van der Waals surface area contributed by atoms with Crippen LogP contribution in [0.15, 0.2) is 15.2 Å². The SMILES string of the molecule is CC(C)(C)OC(=O)N1CCN(CCCNC(=O)c2csc(Br)c2)CC1. The van der Waals surface area contributed by atoms with Gasteiger partial charge in [-0.2, -0.15) is 0 Å². The molecule has 0 atom stereocenters. The van der Waals surface area contributed by atoms with Gasteiger partial charge in [-0.1, -0.05) is 0 Å². The molecule has 6 nitrogen and oxygen atoms in total. The predicted octanol–water partition coefficient (Wildman–Crippen LogP) is 3.18. The van der Waals surface area contributed by atoms with E-state index in [4.69, 9.17) is 4.74 Å². The molecule has 1 aromatic rings. The first-order valence-electron chi connectivity index (χ1n) is 8.47. The molecule has 2 amide bonds. The Morgan fingerprint density at radius 2 is 1.96 bits per heavy atom. The van der Waals surface area contributed by atoms with Gasteiger partial charge in [0.25, 0.3) is 5.91 Å². The maximum Gasteiger partial charge on any atom is 0.410 e. The van der Waals surface area contributed by atoms with Crippen LogP contribution in [-0.2, 0) is 4.74 Å². The van der Waals surface area contributed by atoms with Gasteiger partial charge >= 0.3 is 6.09 Å². The van der Waals surface area contributed by atoms with E-state index in [-0.39, 0.29) is 12.0 Å². The molecule has 1 fully saturated rings. The van der Waals surface area contributed by atoms with Crippen LogP contribution in [0.3, 0.4) is 0 Å². The third kappa shape index (κ3) is 6.95. The summed E-state index contributed by atoms with van der Waals surface area (Å²) in [6.07, 6.45) is 0.657. The molecule has 1 saturated heterocycles. The van der Waals surface area contributed by atoms with Crippen LogP contribution in [0.4, 0.5) is 4.79 Å². The topological polar surface area (TPSA) is 61.9 Å². The maximum atomic E-state index is 12.0. The van der Waals surface area contributed by atoms with Gasteiger partial charge in [0.05, 0.1) is 9.35 Å². The fraction of sp³-hybridized carbons (Fsp3) is 0.647. The number of nitrogens with zero attached hydrogens (tertiary/aromatic N) is 2. The molecular formula is C17H26BrN3O3S. The molecule has 1 aliphatic heterocycles. The van der Waals surface area contributed by atoms with Crippen molar-refractivity contribution in [3.63, 3.8) is 0 Å². The van der Waals surface area contributed by atoms with E-state index in [0.717, 1.165) is 29.8 Å². The number of nitrogens with one attached hydrogen (secondary N) is 1. The van der Waals surface area contributed by atoms with Gasteiger partial charge in [0.2, 0.25) is 0 Å². The smallest absolute Gasteiger partial charge is 0.410 e. The number of hydrogen-bond acceptors (Lipinski definition) is 5. The molecule has 140 valence electrons. The van der Waals surface area contributed by atoms with Gasteiger partial charge in [-0.3, -0.25) is 9.69 Å². The molecule has 1 N–H and O–H groups in total. The molecule has 0 saturated carbocycles. The van der Waals surface area contributed by atoms with Crippen molar-refractivity contribution in [2.24, 2.45) is 0 Å². The lowest BCUT2D eigenvalue weighted by atomic mass is 10.2. The van der Waals surface area contributed by atoms with Gasteiger partial charge in [-0.05, 0) is 55.7 Å². The Balaban J connectivity index is 1.61. The standard InChI is InChI=1S/C17H26BrN3O3S/c1-17(2,3)24-16(23)21-9-7-20(8-10-21)6-4-5-19-15(22)13-11-14(18)25-12-13/h11-12H,4-10H2,1-3H3,(H,19,22). The molecule has 1 aliphatic rings. The Labute approximate surface area is 161 Å². The average molecular weight is 432 g/mol. The van der Waals surface area contributed by atoms with Gasteiger partial charge in [0.15, 0.2) is 0 Å². The van der Waals surface area contributed by atoms with E-state index >= 15 is 0 Å². The largest absolute Gasteiger partial charge is 0.444 e. The zero-order chi connectivity index (χ0) is 18.4. The minimum atomic E-state index is -0.454. The molecule has 0 unspecified atom stereocenters. The third-order valence-electron chi connectivity index (χ3n) is 3.79. The second-order valence-electron chi connectivity index (χ2n) is 7.06. The number of rotatable bonds is 5. The minimum absolute atomic E-state index is 0.0308. The molecular weight excluding hydrogens is 406 g/mol. The Hall–Kier alpha value is -1.12. The van der Waals surface area contributed by atoms with Gasteiger partial charge in [-0.15, -0.1) is 11.3 Å². The summed E-state index contributed by atoms with van der Waals surface area (Å²) in [6, 6.07) is 1.83. The van der Waals surface area contributed by atoms with Crippen LogP contribution in [0, 0.1) is 0 Å². The molecule has 0 bridgehead atoms. The number of hydrogen-bond donors (Lipinski definition) is 1. The number of amides is 2. The molecule has 2 rings (SSSR count). The van der Waals surface area contributed by atoms with Crippen molar-refractivity contribution >= 4 is 39.3 Å². The maximum absolute atomic E-state index is 12.0. The average Bonchev–Trinajstić information content (AvgIpc) is 2.97. The summed E-state index contributed by atoms with van der Waals surface area (Å²) in [4.78, 5) is 28.0. The molecule has 0 aromatic carbocycles. The number of piperazine rings is 1. The number of carbonyl (C=O) groups is 2. The summed E-state index contributed by atoms with van der Waals surface area (Å²) in [6.45, 7) is 10.2. The van der Waals surface area contributed by atoms with E-state index in [1.165, 1.54) is 11.3 Å². The number of thiophene rings is 1. The summed E-state index contributed by atoms with van der Waals surface area (Å²) >= 11 is 4.87. The third-order valence-corrected chi connectivity index (χ3v) is 5.29. The van der Waals surface area contributed by atoms with Crippen molar-refractivity contribution in [1.82, 2.24) is 15.1 Å². The van der Waals surface area contributed by atoms with E-state index in [2.05, 4.69) is 26.1 Å². The molecule has 0 spiro atoms. The highest BCUT2D eigenvalue weighted by molar-refractivity contribution is 9.11. The van der Waals surface area contributed by atoms with Crippen molar-refractivity contribution in [3.05, 3.63) is 20.8 Å². The number of halogens is 1. The van der Waals surface area contributed by atoms with Crippen molar-refractivity contribution in [1.29, 1.82) is 0 Å². The van der Waals surface area contributed by atoms with Crippen molar-refractivity contribution < 1.29 is 14.3 Å². The normalized spacial score (nSPS) is 15.9. The lowest BCUT2D eigenvalue weighted by molar-refractivity contribution is 0.0144. The molecule has 0 radical (unpaired) electrons. The van der Waals surface area contributed by atoms with E-state index < -0.39 is 5.60 Å². The van der Waals surface area contributed by atoms with E-state index in [1.807, 2.05) is 32.2 Å². The number of ether oxygens (including phenoxy) is 1. The van der Waals surface area contributed by atoms with Gasteiger partial charge < -0.3 is 15.0 Å². The zero-order valence-corrected chi connectivity index (χ0v) is 17.4. The summed E-state index contributed by atoms with van der Waals surface area (Å²) in [7, 11) is 0. The lowest BCUT2D eigenvalue weighted by Gasteiger charge is -2.35. The van der Waals surface area contributed by atoms with Gasteiger partial charge in [0, 0.05) is 38.1 Å². The van der Waals surface area contributed by atoms with Crippen molar-refractivity contribution in [2.45, 2.75) is 32.8 Å². The molecule has 2 heterocycles. The zero-order valence-electron chi connectivity index (χ0n) is 15.0. The highest BCUT2D eigenvalue weighted by Crippen LogP contribution is 2.20. The van der Waals surface area contributed by atoms with E-state index in [0.29, 0.717) is 25.2 Å². The fourth-order valence-electron chi connectivity index (χ4n) is 2.52. The van der Waals surface area contributed by atoms with Crippen LogP contribution >= 0.6 is 27.3 Å². The minimum Gasteiger partial charge on any atom is -0.444 e. The Kier molecular flexibility index (Phi) is 7.27. The van der Waals surface area contributed by atoms with E-state index in [9.17, 15) is 9.59 Å². The lowest BCUT2D eigenvalue weighted by Crippen LogP contribution is -2.50. The van der Waals surface area contributed by atoms with E-state index in [1.54, 1.807) is 4.90 Å². The van der Waals surface area contributed by atoms with Crippen LogP contribution in [0.5, 0.6) is 0 Å². The predicted molar refractivity (Wildman–Crippen MR) is 103 cm³/mol. The second-order valence-corrected chi connectivity index (χ2v) is 9.35. The monoisotopic (exact) mass is 431 g/mol. The fourth-order valence-corrected chi connectivity index (χ4v) is 3.65. The molecule has 25 heavy (non-hydrogen) atoms. The number of carbonyl (C=O) groups excluding carboxylic acids is 2. The summed E-state index contributed by atoms with van der Waals surface area (Å²) < 4.78 is 6.36. The van der Waals surface area contributed by atoms with Crippen LogP contribution in [0.1, 0.15) is 37.6 Å². The van der Waals surface area contributed by atoms with Crippen LogP contribution in [0.2, 0.25) is 0 Å².